The molecule has 3 N–H and O–H groups in total. The van der Waals surface area contributed by atoms with Crippen molar-refractivity contribution in [1.29, 1.82) is 0 Å². The molecule has 0 saturated carbocycles. The molecule has 1 aliphatic rings. The molecule has 1 aromatic carbocycles. The van der Waals surface area contributed by atoms with E-state index in [0.717, 1.165) is 41.8 Å². The van der Waals surface area contributed by atoms with Crippen LogP contribution >= 0.6 is 0 Å². The minimum absolute atomic E-state index is 0.195. The van der Waals surface area contributed by atoms with Gasteiger partial charge in [0, 0.05) is 23.2 Å². The van der Waals surface area contributed by atoms with Gasteiger partial charge in [0.25, 0.3) is 5.91 Å². The molecule has 1 amide bonds. The van der Waals surface area contributed by atoms with Gasteiger partial charge in [-0.15, -0.1) is 0 Å². The van der Waals surface area contributed by atoms with Crippen molar-refractivity contribution in [2.75, 3.05) is 19.8 Å². The molecule has 0 spiro atoms. The van der Waals surface area contributed by atoms with Crippen LogP contribution in [0.3, 0.4) is 0 Å². The number of hydrogen-bond acceptors (Lipinski definition) is 4. The summed E-state index contributed by atoms with van der Waals surface area (Å²) in [5, 5.41) is 26.2. The lowest BCUT2D eigenvalue weighted by molar-refractivity contribution is 0.0644. The number of aromatic nitrogens is 2. The third-order valence-electron chi connectivity index (χ3n) is 4.93. The molecular weight excluding hydrogens is 318 g/mol. The molecule has 3 rings (SSSR count). The van der Waals surface area contributed by atoms with E-state index in [0.29, 0.717) is 5.69 Å². The molecule has 2 aromatic rings. The fourth-order valence-electron chi connectivity index (χ4n) is 3.16. The molecule has 25 heavy (non-hydrogen) atoms. The van der Waals surface area contributed by atoms with Gasteiger partial charge in [-0.05, 0) is 37.8 Å². The summed E-state index contributed by atoms with van der Waals surface area (Å²) in [6, 6.07) is 8.00. The van der Waals surface area contributed by atoms with E-state index in [1.54, 1.807) is 6.92 Å². The number of aliphatic hydroxyl groups excluding tert-OH is 2. The second kappa shape index (κ2) is 6.98. The monoisotopic (exact) mass is 343 g/mol. The van der Waals surface area contributed by atoms with Crippen LogP contribution in [0.5, 0.6) is 0 Å². The van der Waals surface area contributed by atoms with Gasteiger partial charge in [0.2, 0.25) is 0 Å². The van der Waals surface area contributed by atoms with Crippen LogP contribution in [-0.2, 0) is 12.8 Å². The van der Waals surface area contributed by atoms with Gasteiger partial charge in [-0.25, -0.2) is 4.68 Å². The molecule has 6 heteroatoms. The Hall–Kier alpha value is -2.18. The Morgan fingerprint density at radius 3 is 2.68 bits per heavy atom. The van der Waals surface area contributed by atoms with Crippen LogP contribution in [0, 0.1) is 12.3 Å². The van der Waals surface area contributed by atoms with Gasteiger partial charge in [0.15, 0.2) is 5.69 Å². The van der Waals surface area contributed by atoms with E-state index >= 15 is 0 Å². The molecular formula is C19H25N3O3. The first-order valence-electron chi connectivity index (χ1n) is 8.66. The largest absolute Gasteiger partial charge is 0.396 e. The average Bonchev–Trinajstić information content (AvgIpc) is 3.22. The quantitative estimate of drug-likeness (QED) is 0.740. The number of amides is 1. The van der Waals surface area contributed by atoms with Crippen LogP contribution < -0.4 is 5.32 Å². The van der Waals surface area contributed by atoms with Crippen LogP contribution in [0.4, 0.5) is 0 Å². The lowest BCUT2D eigenvalue weighted by atomic mass is 9.93. The summed E-state index contributed by atoms with van der Waals surface area (Å²) in [5.74, 6) is -0.251. The lowest BCUT2D eigenvalue weighted by Crippen LogP contribution is -2.40. The fourth-order valence-corrected chi connectivity index (χ4v) is 3.16. The Labute approximate surface area is 147 Å². The van der Waals surface area contributed by atoms with Crippen LogP contribution in [0.2, 0.25) is 0 Å². The van der Waals surface area contributed by atoms with Crippen LogP contribution in [0.25, 0.3) is 5.69 Å². The van der Waals surface area contributed by atoms with E-state index in [1.807, 2.05) is 35.9 Å². The maximum absolute atomic E-state index is 12.7. The van der Waals surface area contributed by atoms with E-state index < -0.39 is 5.41 Å². The number of nitrogens with zero attached hydrogens (tertiary/aromatic N) is 2. The summed E-state index contributed by atoms with van der Waals surface area (Å²) in [6.45, 7) is 3.57. The molecule has 1 aromatic heterocycles. The average molecular weight is 343 g/mol. The normalized spacial score (nSPS) is 13.8. The van der Waals surface area contributed by atoms with E-state index in [4.69, 9.17) is 0 Å². The molecule has 1 aliphatic carbocycles. The Bertz CT molecular complexity index is 778. The van der Waals surface area contributed by atoms with Crippen molar-refractivity contribution in [3.05, 3.63) is 46.8 Å². The highest BCUT2D eigenvalue weighted by atomic mass is 16.3. The van der Waals surface area contributed by atoms with Gasteiger partial charge in [-0.2, -0.15) is 5.10 Å². The van der Waals surface area contributed by atoms with Gasteiger partial charge in [-0.1, -0.05) is 25.1 Å². The Balaban J connectivity index is 1.90. The third-order valence-corrected chi connectivity index (χ3v) is 4.93. The first-order valence-corrected chi connectivity index (χ1v) is 8.66. The molecule has 0 atom stereocenters. The van der Waals surface area contributed by atoms with Crippen molar-refractivity contribution in [3.63, 3.8) is 0 Å². The van der Waals surface area contributed by atoms with E-state index in [-0.39, 0.29) is 25.7 Å². The second-order valence-electron chi connectivity index (χ2n) is 7.14. The molecule has 1 heterocycles. The number of carbonyl (C=O) groups excluding carboxylic acids is 1. The number of fused-ring (bicyclic) bond motifs is 1. The summed E-state index contributed by atoms with van der Waals surface area (Å²) < 4.78 is 1.89. The fraction of sp³-hybridized carbons (Fsp3) is 0.474. The molecule has 6 nitrogen and oxygen atoms in total. The molecule has 0 saturated heterocycles. The summed E-state index contributed by atoms with van der Waals surface area (Å²) in [5.41, 5.74) is 3.93. The number of para-hydroxylation sites is 1. The minimum atomic E-state index is -0.739. The highest BCUT2D eigenvalue weighted by Gasteiger charge is 2.29. The Morgan fingerprint density at radius 1 is 1.28 bits per heavy atom. The van der Waals surface area contributed by atoms with E-state index in [1.165, 1.54) is 0 Å². The number of aliphatic hydroxyl groups is 2. The van der Waals surface area contributed by atoms with Crippen molar-refractivity contribution < 1.29 is 15.0 Å². The topological polar surface area (TPSA) is 87.4 Å². The number of rotatable bonds is 6. The van der Waals surface area contributed by atoms with Crippen molar-refractivity contribution in [1.82, 2.24) is 15.1 Å². The van der Waals surface area contributed by atoms with Gasteiger partial charge in [0.1, 0.15) is 0 Å². The van der Waals surface area contributed by atoms with Crippen LogP contribution in [0.1, 0.15) is 40.7 Å². The lowest BCUT2D eigenvalue weighted by Gasteiger charge is -2.24. The van der Waals surface area contributed by atoms with Crippen molar-refractivity contribution in [3.8, 4) is 5.69 Å². The zero-order chi connectivity index (χ0) is 18.0. The SMILES string of the molecule is Cc1ccccc1-n1nc(C(=O)NCC(C)(CO)CO)c2c1CCC2. The molecule has 0 unspecified atom stereocenters. The summed E-state index contributed by atoms with van der Waals surface area (Å²) in [6.07, 6.45) is 2.78. The first-order chi connectivity index (χ1) is 12.0. The number of benzene rings is 1. The first kappa shape index (κ1) is 17.6. The maximum Gasteiger partial charge on any atom is 0.272 e. The number of aryl methyl sites for hydroxylation is 1. The highest BCUT2D eigenvalue weighted by molar-refractivity contribution is 5.94. The highest BCUT2D eigenvalue weighted by Crippen LogP contribution is 2.29. The van der Waals surface area contributed by atoms with Gasteiger partial charge in [0.05, 0.1) is 18.9 Å². The zero-order valence-corrected chi connectivity index (χ0v) is 14.7. The van der Waals surface area contributed by atoms with Crippen LogP contribution in [0.15, 0.2) is 24.3 Å². The van der Waals surface area contributed by atoms with Crippen molar-refractivity contribution in [2.24, 2.45) is 5.41 Å². The van der Waals surface area contributed by atoms with Gasteiger partial charge >= 0.3 is 0 Å². The van der Waals surface area contributed by atoms with E-state index in [2.05, 4.69) is 10.4 Å². The predicted molar refractivity (Wildman–Crippen MR) is 94.9 cm³/mol. The molecule has 0 radical (unpaired) electrons. The summed E-state index contributed by atoms with van der Waals surface area (Å²) >= 11 is 0. The van der Waals surface area contributed by atoms with Crippen molar-refractivity contribution in [2.45, 2.75) is 33.1 Å². The maximum atomic E-state index is 12.7. The van der Waals surface area contributed by atoms with Gasteiger partial charge < -0.3 is 15.5 Å². The Morgan fingerprint density at radius 2 is 2.00 bits per heavy atom. The zero-order valence-electron chi connectivity index (χ0n) is 14.7. The summed E-state index contributed by atoms with van der Waals surface area (Å²) in [7, 11) is 0. The smallest absolute Gasteiger partial charge is 0.272 e. The van der Waals surface area contributed by atoms with E-state index in [9.17, 15) is 15.0 Å². The second-order valence-corrected chi connectivity index (χ2v) is 7.14. The molecule has 134 valence electrons. The number of nitrogens with one attached hydrogen (secondary N) is 1. The number of hydrogen-bond donors (Lipinski definition) is 3. The molecule has 0 aliphatic heterocycles. The minimum Gasteiger partial charge on any atom is -0.396 e. The standard InChI is InChI=1S/C19H25N3O3/c1-13-6-3-4-8-15(13)22-16-9-5-7-14(16)17(21-22)18(25)20-10-19(2,11-23)12-24/h3-4,6,8,23-24H,5,7,9-12H2,1-2H3,(H,20,25). The van der Waals surface area contributed by atoms with Crippen LogP contribution in [-0.4, -0.2) is 45.7 Å². The molecule has 0 bridgehead atoms. The van der Waals surface area contributed by atoms with Gasteiger partial charge in [-0.3, -0.25) is 4.79 Å². The third kappa shape index (κ3) is 3.32. The summed E-state index contributed by atoms with van der Waals surface area (Å²) in [4.78, 5) is 12.7. The predicted octanol–water partition coefficient (Wildman–Crippen LogP) is 1.39. The molecule has 0 fully saturated rings. The Kier molecular flexibility index (Phi) is 4.92. The van der Waals surface area contributed by atoms with Crippen molar-refractivity contribution >= 4 is 5.91 Å². The number of carbonyl (C=O) groups is 1.